The Balaban J connectivity index is 4.69. The molecule has 0 spiro atoms. The first-order chi connectivity index (χ1) is 10.7. The number of amides is 3. The van der Waals surface area contributed by atoms with Crippen LogP contribution >= 0.6 is 0 Å². The van der Waals surface area contributed by atoms with Crippen LogP contribution in [0.1, 0.15) is 53.9 Å². The van der Waals surface area contributed by atoms with Gasteiger partial charge in [0.15, 0.2) is 5.78 Å². The molecule has 5 N–H and O–H groups in total. The molecule has 7 nitrogen and oxygen atoms in total. The minimum atomic E-state index is -0.589. The predicted molar refractivity (Wildman–Crippen MR) is 90.9 cm³/mol. The fourth-order valence-electron chi connectivity index (χ4n) is 2.27. The summed E-state index contributed by atoms with van der Waals surface area (Å²) in [5, 5.41) is 8.56. The zero-order valence-electron chi connectivity index (χ0n) is 14.9. The first-order valence-electron chi connectivity index (χ1n) is 8.31. The van der Waals surface area contributed by atoms with Gasteiger partial charge in [-0.2, -0.15) is 0 Å². The maximum Gasteiger partial charge on any atom is 0.312 e. The van der Waals surface area contributed by atoms with E-state index in [4.69, 9.17) is 5.73 Å². The van der Waals surface area contributed by atoms with E-state index in [1.54, 1.807) is 6.92 Å². The van der Waals surface area contributed by atoms with Gasteiger partial charge in [0.1, 0.15) is 0 Å². The third kappa shape index (κ3) is 9.18. The van der Waals surface area contributed by atoms with Crippen LogP contribution in [0.4, 0.5) is 4.79 Å². The summed E-state index contributed by atoms with van der Waals surface area (Å²) in [5.41, 5.74) is 5.00. The van der Waals surface area contributed by atoms with Gasteiger partial charge in [0.05, 0.1) is 12.1 Å². The molecule has 0 fully saturated rings. The molecule has 0 radical (unpaired) electrons. The van der Waals surface area contributed by atoms with Crippen molar-refractivity contribution in [2.75, 3.05) is 6.54 Å². The first kappa shape index (κ1) is 21.4. The highest BCUT2D eigenvalue weighted by Crippen LogP contribution is 2.07. The fourth-order valence-corrected chi connectivity index (χ4v) is 2.27. The van der Waals surface area contributed by atoms with Gasteiger partial charge in [-0.25, -0.2) is 4.79 Å². The summed E-state index contributed by atoms with van der Waals surface area (Å²) in [6, 6.07) is -1.29. The lowest BCUT2D eigenvalue weighted by Gasteiger charge is -2.26. The Morgan fingerprint density at radius 1 is 1.09 bits per heavy atom. The van der Waals surface area contributed by atoms with Crippen molar-refractivity contribution in [2.24, 2.45) is 11.7 Å². The Morgan fingerprint density at radius 3 is 2.13 bits per heavy atom. The Labute approximate surface area is 139 Å². The van der Waals surface area contributed by atoms with Crippen molar-refractivity contribution in [1.82, 2.24) is 16.0 Å². The van der Waals surface area contributed by atoms with Gasteiger partial charge in [-0.05, 0) is 18.8 Å². The number of primary amides is 1. The zero-order valence-corrected chi connectivity index (χ0v) is 14.9. The van der Waals surface area contributed by atoms with Crippen molar-refractivity contribution in [3.05, 3.63) is 0 Å². The van der Waals surface area contributed by atoms with E-state index in [0.717, 1.165) is 0 Å². The Bertz CT molecular complexity index is 397. The molecule has 0 unspecified atom stereocenters. The molecule has 7 heteroatoms. The number of rotatable bonds is 11. The van der Waals surface area contributed by atoms with E-state index in [-0.39, 0.29) is 29.7 Å². The van der Waals surface area contributed by atoms with Crippen LogP contribution < -0.4 is 21.7 Å². The number of nitrogens with one attached hydrogen (secondary N) is 3. The van der Waals surface area contributed by atoms with Gasteiger partial charge in [-0.1, -0.05) is 34.6 Å². The van der Waals surface area contributed by atoms with E-state index in [1.165, 1.54) is 0 Å². The van der Waals surface area contributed by atoms with Crippen molar-refractivity contribution in [2.45, 2.75) is 72.0 Å². The quantitative estimate of drug-likeness (QED) is 0.422. The van der Waals surface area contributed by atoms with Crippen LogP contribution in [-0.4, -0.2) is 42.4 Å². The van der Waals surface area contributed by atoms with Crippen LogP contribution in [0.2, 0.25) is 0 Å². The van der Waals surface area contributed by atoms with Crippen molar-refractivity contribution in [3.8, 4) is 0 Å². The lowest BCUT2D eigenvalue weighted by molar-refractivity contribution is -0.129. The second-order valence-corrected chi connectivity index (χ2v) is 6.36. The molecule has 0 saturated heterocycles. The molecular formula is C16H32N4O3. The molecular weight excluding hydrogens is 296 g/mol. The molecule has 0 aliphatic rings. The van der Waals surface area contributed by atoms with Crippen LogP contribution in [0.25, 0.3) is 0 Å². The minimum absolute atomic E-state index is 0.00974. The van der Waals surface area contributed by atoms with Crippen LogP contribution in [0.15, 0.2) is 0 Å². The fraction of sp³-hybridized carbons (Fsp3) is 0.812. The summed E-state index contributed by atoms with van der Waals surface area (Å²) in [7, 11) is 0. The molecule has 134 valence electrons. The highest BCUT2D eigenvalue weighted by Gasteiger charge is 2.26. The van der Waals surface area contributed by atoms with E-state index >= 15 is 0 Å². The van der Waals surface area contributed by atoms with Crippen LogP contribution in [0.3, 0.4) is 0 Å². The summed E-state index contributed by atoms with van der Waals surface area (Å²) in [6.07, 6.45) is 1.41. The van der Waals surface area contributed by atoms with Crippen molar-refractivity contribution >= 4 is 17.7 Å². The molecule has 0 heterocycles. The molecule has 0 aromatic rings. The second kappa shape index (κ2) is 11.0. The van der Waals surface area contributed by atoms with Crippen LogP contribution in [0.5, 0.6) is 0 Å². The Morgan fingerprint density at radius 2 is 1.70 bits per heavy atom. The molecule has 23 heavy (non-hydrogen) atoms. The molecule has 0 rings (SSSR count). The van der Waals surface area contributed by atoms with Gasteiger partial charge in [-0.3, -0.25) is 9.59 Å². The highest BCUT2D eigenvalue weighted by molar-refractivity contribution is 5.90. The summed E-state index contributed by atoms with van der Waals surface area (Å²) in [5.74, 6) is -0.0563. The number of carbonyl (C=O) groups excluding carboxylic acids is 3. The van der Waals surface area contributed by atoms with Gasteiger partial charge in [-0.15, -0.1) is 0 Å². The summed E-state index contributed by atoms with van der Waals surface area (Å²) < 4.78 is 0. The molecule has 0 aliphatic heterocycles. The smallest absolute Gasteiger partial charge is 0.312 e. The van der Waals surface area contributed by atoms with Gasteiger partial charge in [0, 0.05) is 19.0 Å². The molecule has 0 aromatic heterocycles. The lowest BCUT2D eigenvalue weighted by Crippen LogP contribution is -2.53. The minimum Gasteiger partial charge on any atom is -0.352 e. The van der Waals surface area contributed by atoms with Crippen molar-refractivity contribution < 1.29 is 14.4 Å². The number of hydrogen-bond donors (Lipinski definition) is 4. The number of urea groups is 1. The normalized spacial score (nSPS) is 13.7. The van der Waals surface area contributed by atoms with E-state index < -0.39 is 12.1 Å². The van der Waals surface area contributed by atoms with Gasteiger partial charge in [0.25, 0.3) is 0 Å². The highest BCUT2D eigenvalue weighted by atomic mass is 16.2. The van der Waals surface area contributed by atoms with Crippen molar-refractivity contribution in [3.63, 3.8) is 0 Å². The van der Waals surface area contributed by atoms with E-state index in [9.17, 15) is 14.4 Å². The number of Topliss-reactive ketones (excluding diaryl/α,β-unsaturated/α-hetero) is 1. The average Bonchev–Trinajstić information content (AvgIpc) is 2.46. The van der Waals surface area contributed by atoms with Gasteiger partial charge < -0.3 is 21.7 Å². The Kier molecular flexibility index (Phi) is 10.2. The second-order valence-electron chi connectivity index (χ2n) is 6.36. The molecule has 0 bridgehead atoms. The number of carbonyl (C=O) groups is 3. The molecule has 0 aliphatic carbocycles. The van der Waals surface area contributed by atoms with E-state index in [1.807, 2.05) is 27.7 Å². The van der Waals surface area contributed by atoms with Crippen molar-refractivity contribution in [1.29, 1.82) is 0 Å². The molecule has 0 aromatic carbocycles. The van der Waals surface area contributed by atoms with Crippen LogP contribution in [0, 0.1) is 5.92 Å². The predicted octanol–water partition coefficient (Wildman–Crippen LogP) is 0.921. The molecule has 2 atom stereocenters. The number of ketones is 1. The number of hydrogen-bond acceptors (Lipinski definition) is 4. The summed E-state index contributed by atoms with van der Waals surface area (Å²) in [6.45, 7) is 10.0. The summed E-state index contributed by atoms with van der Waals surface area (Å²) >= 11 is 0. The number of nitrogens with two attached hydrogens (primary N) is 1. The largest absolute Gasteiger partial charge is 0.352 e. The SMILES string of the molecule is CCC(=O)[C@H](CCCNC(N)=O)NC(=O)[C@@H](NC(C)C)C(C)C. The molecule has 0 saturated carbocycles. The third-order valence-corrected chi connectivity index (χ3v) is 3.48. The van der Waals surface area contributed by atoms with E-state index in [2.05, 4.69) is 16.0 Å². The Hall–Kier alpha value is -1.63. The first-order valence-corrected chi connectivity index (χ1v) is 8.31. The zero-order chi connectivity index (χ0) is 18.0. The topological polar surface area (TPSA) is 113 Å². The maximum atomic E-state index is 12.5. The molecule has 3 amide bonds. The van der Waals surface area contributed by atoms with Gasteiger partial charge >= 0.3 is 6.03 Å². The third-order valence-electron chi connectivity index (χ3n) is 3.48. The maximum absolute atomic E-state index is 12.5. The van der Waals surface area contributed by atoms with Crippen LogP contribution in [-0.2, 0) is 9.59 Å². The monoisotopic (exact) mass is 328 g/mol. The standard InChI is InChI=1S/C16H32N4O3/c1-6-13(21)12(8-7-9-18-16(17)23)20-15(22)14(10(2)3)19-11(4)5/h10-12,14,19H,6-9H2,1-5H3,(H,20,22)(H3,17,18,23)/t12-,14-/m0/s1. The van der Waals surface area contributed by atoms with Gasteiger partial charge in [0.2, 0.25) is 5.91 Å². The van der Waals surface area contributed by atoms with E-state index in [0.29, 0.717) is 25.8 Å². The summed E-state index contributed by atoms with van der Waals surface area (Å²) in [4.78, 5) is 35.2. The average molecular weight is 328 g/mol. The lowest BCUT2D eigenvalue weighted by atomic mass is 10.00.